The Morgan fingerprint density at radius 1 is 1.30 bits per heavy atom. The van der Waals surface area contributed by atoms with Gasteiger partial charge in [0.2, 0.25) is 0 Å². The van der Waals surface area contributed by atoms with E-state index in [9.17, 15) is 0 Å². The summed E-state index contributed by atoms with van der Waals surface area (Å²) in [6.07, 6.45) is 0.850. The molecule has 0 aliphatic rings. The molecule has 0 bridgehead atoms. The molecule has 0 saturated carbocycles. The Hall–Kier alpha value is -2.01. The van der Waals surface area contributed by atoms with Crippen molar-refractivity contribution < 1.29 is 4.52 Å². The van der Waals surface area contributed by atoms with Crippen LogP contribution in [0.5, 0.6) is 0 Å². The summed E-state index contributed by atoms with van der Waals surface area (Å²) in [6.45, 7) is 8.11. The summed E-state index contributed by atoms with van der Waals surface area (Å²) in [7, 11) is 0. The SMILES string of the molecule is CCNC(=NCc1cccc(Cl)c1)NCCc1c(C)noc1C. The molecule has 2 rings (SSSR count). The Balaban J connectivity index is 1.91. The van der Waals surface area contributed by atoms with Gasteiger partial charge in [-0.1, -0.05) is 28.9 Å². The van der Waals surface area contributed by atoms with E-state index in [1.807, 2.05) is 45.0 Å². The van der Waals surface area contributed by atoms with Crippen molar-refractivity contribution in [2.24, 2.45) is 4.99 Å². The average molecular weight is 335 g/mol. The maximum atomic E-state index is 6.00. The lowest BCUT2D eigenvalue weighted by atomic mass is 10.1. The first kappa shape index (κ1) is 17.3. The molecule has 124 valence electrons. The Kier molecular flexibility index (Phi) is 6.47. The summed E-state index contributed by atoms with van der Waals surface area (Å²) < 4.78 is 5.18. The maximum Gasteiger partial charge on any atom is 0.191 e. The lowest BCUT2D eigenvalue weighted by Crippen LogP contribution is -2.38. The van der Waals surface area contributed by atoms with Gasteiger partial charge in [0.25, 0.3) is 0 Å². The molecule has 0 atom stereocenters. The molecule has 1 heterocycles. The monoisotopic (exact) mass is 334 g/mol. The molecule has 2 aromatic rings. The molecule has 1 aromatic heterocycles. The highest BCUT2D eigenvalue weighted by molar-refractivity contribution is 6.30. The Labute approximate surface area is 142 Å². The second-order valence-electron chi connectivity index (χ2n) is 5.30. The van der Waals surface area contributed by atoms with Crippen LogP contribution >= 0.6 is 11.6 Å². The highest BCUT2D eigenvalue weighted by Crippen LogP contribution is 2.12. The number of hydrogen-bond acceptors (Lipinski definition) is 3. The van der Waals surface area contributed by atoms with Crippen LogP contribution in [0.25, 0.3) is 0 Å². The fourth-order valence-electron chi connectivity index (χ4n) is 2.31. The second-order valence-corrected chi connectivity index (χ2v) is 5.74. The minimum atomic E-state index is 0.585. The zero-order chi connectivity index (χ0) is 16.7. The van der Waals surface area contributed by atoms with E-state index < -0.39 is 0 Å². The smallest absolute Gasteiger partial charge is 0.191 e. The quantitative estimate of drug-likeness (QED) is 0.629. The molecule has 0 spiro atoms. The first-order chi connectivity index (χ1) is 11.1. The molecule has 0 amide bonds. The van der Waals surface area contributed by atoms with Gasteiger partial charge in [-0.05, 0) is 44.9 Å². The molecule has 2 N–H and O–H groups in total. The summed E-state index contributed by atoms with van der Waals surface area (Å²) in [5.41, 5.74) is 3.19. The van der Waals surface area contributed by atoms with Gasteiger partial charge in [-0.15, -0.1) is 0 Å². The van der Waals surface area contributed by atoms with E-state index in [1.165, 1.54) is 0 Å². The van der Waals surface area contributed by atoms with E-state index in [0.717, 1.165) is 53.1 Å². The minimum Gasteiger partial charge on any atom is -0.361 e. The number of rotatable bonds is 6. The third-order valence-electron chi connectivity index (χ3n) is 3.50. The summed E-state index contributed by atoms with van der Waals surface area (Å²) in [5.74, 6) is 1.67. The van der Waals surface area contributed by atoms with Crippen LogP contribution in [0, 0.1) is 13.8 Å². The van der Waals surface area contributed by atoms with Crippen molar-refractivity contribution in [1.82, 2.24) is 15.8 Å². The molecule has 5 nitrogen and oxygen atoms in total. The summed E-state index contributed by atoms with van der Waals surface area (Å²) >= 11 is 6.00. The molecule has 1 aromatic carbocycles. The van der Waals surface area contributed by atoms with E-state index in [4.69, 9.17) is 16.1 Å². The Bertz CT molecular complexity index is 647. The van der Waals surface area contributed by atoms with Crippen molar-refractivity contribution in [2.75, 3.05) is 13.1 Å². The summed E-state index contributed by atoms with van der Waals surface area (Å²) in [6, 6.07) is 7.74. The number of guanidine groups is 1. The van der Waals surface area contributed by atoms with Crippen molar-refractivity contribution >= 4 is 17.6 Å². The van der Waals surface area contributed by atoms with Gasteiger partial charge in [0.1, 0.15) is 5.76 Å². The third kappa shape index (κ3) is 5.28. The Morgan fingerprint density at radius 3 is 2.78 bits per heavy atom. The first-order valence-electron chi connectivity index (χ1n) is 7.78. The van der Waals surface area contributed by atoms with E-state index >= 15 is 0 Å². The molecule has 0 aliphatic carbocycles. The zero-order valence-electron chi connectivity index (χ0n) is 13.8. The predicted molar refractivity (Wildman–Crippen MR) is 94.0 cm³/mol. The number of benzene rings is 1. The summed E-state index contributed by atoms with van der Waals surface area (Å²) in [4.78, 5) is 4.59. The van der Waals surface area contributed by atoms with Gasteiger partial charge in [0.15, 0.2) is 5.96 Å². The van der Waals surface area contributed by atoms with Crippen LogP contribution in [0.1, 0.15) is 29.5 Å². The van der Waals surface area contributed by atoms with Gasteiger partial charge in [-0.25, -0.2) is 4.99 Å². The molecule has 0 aliphatic heterocycles. The number of aliphatic imine (C=N–C) groups is 1. The van der Waals surface area contributed by atoms with Gasteiger partial charge in [-0.3, -0.25) is 0 Å². The van der Waals surface area contributed by atoms with Gasteiger partial charge < -0.3 is 15.2 Å². The topological polar surface area (TPSA) is 62.5 Å². The predicted octanol–water partition coefficient (Wildman–Crippen LogP) is 3.24. The van der Waals surface area contributed by atoms with Crippen LogP contribution in [0.15, 0.2) is 33.8 Å². The highest BCUT2D eigenvalue weighted by atomic mass is 35.5. The number of aromatic nitrogens is 1. The minimum absolute atomic E-state index is 0.585. The number of aryl methyl sites for hydroxylation is 2. The van der Waals surface area contributed by atoms with Crippen molar-refractivity contribution in [3.8, 4) is 0 Å². The molecule has 0 saturated heterocycles. The maximum absolute atomic E-state index is 6.00. The van der Waals surface area contributed by atoms with Crippen molar-refractivity contribution in [1.29, 1.82) is 0 Å². The van der Waals surface area contributed by atoms with Gasteiger partial charge in [0, 0.05) is 23.7 Å². The van der Waals surface area contributed by atoms with Crippen LogP contribution in [0.2, 0.25) is 5.02 Å². The zero-order valence-corrected chi connectivity index (χ0v) is 14.6. The van der Waals surface area contributed by atoms with Crippen LogP contribution in [0.3, 0.4) is 0 Å². The summed E-state index contributed by atoms with van der Waals surface area (Å²) in [5, 5.41) is 11.3. The largest absolute Gasteiger partial charge is 0.361 e. The van der Waals surface area contributed by atoms with Crippen molar-refractivity contribution in [2.45, 2.75) is 33.7 Å². The Morgan fingerprint density at radius 2 is 2.13 bits per heavy atom. The number of hydrogen-bond donors (Lipinski definition) is 2. The number of nitrogens with zero attached hydrogens (tertiary/aromatic N) is 2. The van der Waals surface area contributed by atoms with E-state index in [2.05, 4.69) is 20.8 Å². The third-order valence-corrected chi connectivity index (χ3v) is 3.74. The normalized spacial score (nSPS) is 11.6. The number of halogens is 1. The molecule has 0 fully saturated rings. The lowest BCUT2D eigenvalue weighted by molar-refractivity contribution is 0.392. The molecule has 0 unspecified atom stereocenters. The van der Waals surface area contributed by atoms with Gasteiger partial charge in [0.05, 0.1) is 12.2 Å². The molecular weight excluding hydrogens is 312 g/mol. The molecular formula is C17H23ClN4O. The molecule has 23 heavy (non-hydrogen) atoms. The van der Waals surface area contributed by atoms with E-state index in [0.29, 0.717) is 6.54 Å². The number of nitrogens with one attached hydrogen (secondary N) is 2. The highest BCUT2D eigenvalue weighted by Gasteiger charge is 2.08. The van der Waals surface area contributed by atoms with E-state index in [1.54, 1.807) is 0 Å². The first-order valence-corrected chi connectivity index (χ1v) is 8.16. The second kappa shape index (κ2) is 8.58. The fourth-order valence-corrected chi connectivity index (χ4v) is 2.53. The molecule has 0 radical (unpaired) electrons. The fraction of sp³-hybridized carbons (Fsp3) is 0.412. The lowest BCUT2D eigenvalue weighted by Gasteiger charge is -2.11. The van der Waals surface area contributed by atoms with Crippen LogP contribution in [-0.4, -0.2) is 24.2 Å². The van der Waals surface area contributed by atoms with Crippen LogP contribution in [0.4, 0.5) is 0 Å². The van der Waals surface area contributed by atoms with Crippen molar-refractivity contribution in [3.63, 3.8) is 0 Å². The molecule has 6 heteroatoms. The van der Waals surface area contributed by atoms with Gasteiger partial charge in [-0.2, -0.15) is 0 Å². The van der Waals surface area contributed by atoms with Crippen molar-refractivity contribution in [3.05, 3.63) is 51.9 Å². The van der Waals surface area contributed by atoms with E-state index in [-0.39, 0.29) is 0 Å². The average Bonchev–Trinajstić information content (AvgIpc) is 2.84. The van der Waals surface area contributed by atoms with Crippen LogP contribution < -0.4 is 10.6 Å². The van der Waals surface area contributed by atoms with Crippen LogP contribution in [-0.2, 0) is 13.0 Å². The van der Waals surface area contributed by atoms with Gasteiger partial charge >= 0.3 is 0 Å². The standard InChI is InChI=1S/C17H23ClN4O/c1-4-19-17(21-11-14-6-5-7-15(18)10-14)20-9-8-16-12(2)22-23-13(16)3/h5-7,10H,4,8-9,11H2,1-3H3,(H2,19,20,21).